The first kappa shape index (κ1) is 14.2. The van der Waals surface area contributed by atoms with E-state index in [9.17, 15) is 9.90 Å². The van der Waals surface area contributed by atoms with Crippen LogP contribution in [-0.2, 0) is 19.4 Å². The minimum absolute atomic E-state index is 0.112. The quantitative estimate of drug-likeness (QED) is 0.856. The number of thiophene rings is 1. The normalized spacial score (nSPS) is 14.3. The van der Waals surface area contributed by atoms with E-state index in [0.29, 0.717) is 11.3 Å². The van der Waals surface area contributed by atoms with Crippen molar-refractivity contribution >= 4 is 22.9 Å². The minimum Gasteiger partial charge on any atom is -0.392 e. The molecule has 2 aromatic heterocycles. The van der Waals surface area contributed by atoms with Gasteiger partial charge in [0.15, 0.2) is 0 Å². The van der Waals surface area contributed by atoms with Crippen molar-refractivity contribution in [2.45, 2.75) is 38.7 Å². The zero-order valence-corrected chi connectivity index (χ0v) is 12.6. The van der Waals surface area contributed by atoms with Gasteiger partial charge >= 0.3 is 0 Å². The van der Waals surface area contributed by atoms with Gasteiger partial charge in [-0.25, -0.2) is 0 Å². The number of fused-ring (bicyclic) bond motifs is 1. The highest BCUT2D eigenvalue weighted by molar-refractivity contribution is 7.14. The molecule has 0 spiro atoms. The fraction of sp³-hybridized carbons (Fsp3) is 0.375. The third-order valence-electron chi connectivity index (χ3n) is 3.80. The van der Waals surface area contributed by atoms with Crippen molar-refractivity contribution in [2.75, 3.05) is 5.32 Å². The number of hydrogen-bond acceptors (Lipinski definition) is 4. The number of carbonyl (C=O) groups is 1. The Labute approximate surface area is 127 Å². The molecule has 0 aliphatic heterocycles. The third-order valence-corrected chi connectivity index (χ3v) is 5.04. The molecule has 0 atom stereocenters. The Bertz CT molecular complexity index is 628. The van der Waals surface area contributed by atoms with Crippen LogP contribution in [0.2, 0.25) is 0 Å². The molecule has 2 heterocycles. The summed E-state index contributed by atoms with van der Waals surface area (Å²) in [6, 6.07) is 3.73. The van der Waals surface area contributed by atoms with E-state index in [1.807, 2.05) is 6.07 Å². The maximum atomic E-state index is 12.4. The van der Waals surface area contributed by atoms with Gasteiger partial charge in [-0.3, -0.25) is 9.78 Å². The number of aryl methyl sites for hydroxylation is 2. The lowest BCUT2D eigenvalue weighted by atomic mass is 10.1. The van der Waals surface area contributed by atoms with Gasteiger partial charge in [0.25, 0.3) is 5.91 Å². The molecule has 2 N–H and O–H groups in total. The van der Waals surface area contributed by atoms with Crippen LogP contribution >= 0.6 is 11.3 Å². The highest BCUT2D eigenvalue weighted by Crippen LogP contribution is 2.29. The van der Waals surface area contributed by atoms with Crippen LogP contribution in [-0.4, -0.2) is 16.0 Å². The van der Waals surface area contributed by atoms with Crippen LogP contribution in [0.4, 0.5) is 5.69 Å². The number of aliphatic hydroxyl groups is 1. The van der Waals surface area contributed by atoms with E-state index in [0.717, 1.165) is 17.7 Å². The first-order valence-corrected chi connectivity index (χ1v) is 8.06. The topological polar surface area (TPSA) is 62.2 Å². The number of aromatic nitrogens is 1. The fourth-order valence-corrected chi connectivity index (χ4v) is 3.79. The smallest absolute Gasteiger partial charge is 0.265 e. The van der Waals surface area contributed by atoms with E-state index in [1.165, 1.54) is 29.7 Å². The summed E-state index contributed by atoms with van der Waals surface area (Å²) in [7, 11) is 0. The van der Waals surface area contributed by atoms with Crippen LogP contribution in [0.1, 0.15) is 44.9 Å². The van der Waals surface area contributed by atoms with Crippen molar-refractivity contribution in [3.63, 3.8) is 0 Å². The summed E-state index contributed by atoms with van der Waals surface area (Å²) >= 11 is 1.59. The Morgan fingerprint density at radius 1 is 1.33 bits per heavy atom. The van der Waals surface area contributed by atoms with Crippen LogP contribution in [0, 0.1) is 0 Å². The second-order valence-corrected chi connectivity index (χ2v) is 6.40. The SMILES string of the molecule is O=C(Nc1cnccc1CO)c1cc2c(s1)CCCCC2. The van der Waals surface area contributed by atoms with Crippen LogP contribution in [0.25, 0.3) is 0 Å². The standard InChI is InChI=1S/C16H18N2O2S/c19-10-12-6-7-17-9-13(12)18-16(20)15-8-11-4-2-1-3-5-14(11)21-15/h6-9,19H,1-5,10H2,(H,18,20). The number of carbonyl (C=O) groups excluding carboxylic acids is 1. The number of aliphatic hydroxyl groups excluding tert-OH is 1. The zero-order valence-electron chi connectivity index (χ0n) is 11.8. The Kier molecular flexibility index (Phi) is 4.31. The van der Waals surface area contributed by atoms with E-state index in [1.54, 1.807) is 29.8 Å². The minimum atomic E-state index is -0.115. The summed E-state index contributed by atoms with van der Waals surface area (Å²) in [5, 5.41) is 12.1. The second-order valence-electron chi connectivity index (χ2n) is 5.26. The first-order valence-electron chi connectivity index (χ1n) is 7.24. The molecule has 1 amide bonds. The molecular formula is C16H18N2O2S. The number of hydrogen-bond donors (Lipinski definition) is 2. The molecule has 3 rings (SSSR count). The van der Waals surface area contributed by atoms with Crippen LogP contribution in [0.15, 0.2) is 24.5 Å². The van der Waals surface area contributed by atoms with Gasteiger partial charge in [0.2, 0.25) is 0 Å². The van der Waals surface area contributed by atoms with E-state index >= 15 is 0 Å². The predicted molar refractivity (Wildman–Crippen MR) is 83.7 cm³/mol. The van der Waals surface area contributed by atoms with Crippen LogP contribution in [0.5, 0.6) is 0 Å². The monoisotopic (exact) mass is 302 g/mol. The number of nitrogens with zero attached hydrogens (tertiary/aromatic N) is 1. The Morgan fingerprint density at radius 2 is 2.19 bits per heavy atom. The summed E-state index contributed by atoms with van der Waals surface area (Å²) in [6.45, 7) is -0.112. The second kappa shape index (κ2) is 6.37. The maximum absolute atomic E-state index is 12.4. The van der Waals surface area contributed by atoms with E-state index in [4.69, 9.17) is 0 Å². The molecular weight excluding hydrogens is 284 g/mol. The fourth-order valence-electron chi connectivity index (χ4n) is 2.64. The summed E-state index contributed by atoms with van der Waals surface area (Å²) in [4.78, 5) is 18.5. The maximum Gasteiger partial charge on any atom is 0.265 e. The lowest BCUT2D eigenvalue weighted by Gasteiger charge is -2.07. The molecule has 110 valence electrons. The van der Waals surface area contributed by atoms with Gasteiger partial charge in [-0.15, -0.1) is 11.3 Å². The number of anilines is 1. The molecule has 5 heteroatoms. The molecule has 0 saturated carbocycles. The summed E-state index contributed by atoms with van der Waals surface area (Å²) in [5.74, 6) is -0.115. The molecule has 0 unspecified atom stereocenters. The Balaban J connectivity index is 1.79. The molecule has 1 aliphatic rings. The summed E-state index contributed by atoms with van der Waals surface area (Å²) in [5.41, 5.74) is 2.58. The first-order chi connectivity index (χ1) is 10.3. The van der Waals surface area contributed by atoms with E-state index in [2.05, 4.69) is 10.3 Å². The van der Waals surface area contributed by atoms with Gasteiger partial charge in [-0.05, 0) is 43.4 Å². The third kappa shape index (κ3) is 3.14. The molecule has 0 radical (unpaired) electrons. The van der Waals surface area contributed by atoms with Crippen molar-refractivity contribution < 1.29 is 9.90 Å². The molecule has 0 aromatic carbocycles. The van der Waals surface area contributed by atoms with Gasteiger partial charge in [0.05, 0.1) is 23.4 Å². The Hall–Kier alpha value is -1.72. The molecule has 2 aromatic rings. The van der Waals surface area contributed by atoms with Crippen LogP contribution < -0.4 is 5.32 Å². The molecule has 0 saturated heterocycles. The van der Waals surface area contributed by atoms with Crippen molar-refractivity contribution in [2.24, 2.45) is 0 Å². The summed E-state index contributed by atoms with van der Waals surface area (Å²) in [6.07, 6.45) is 9.04. The van der Waals surface area contributed by atoms with E-state index in [-0.39, 0.29) is 12.5 Å². The van der Waals surface area contributed by atoms with Gasteiger partial charge in [-0.1, -0.05) is 6.42 Å². The average Bonchev–Trinajstić information content (AvgIpc) is 2.79. The lowest BCUT2D eigenvalue weighted by Crippen LogP contribution is -2.12. The lowest BCUT2D eigenvalue weighted by molar-refractivity contribution is 0.103. The van der Waals surface area contributed by atoms with Crippen molar-refractivity contribution in [1.82, 2.24) is 4.98 Å². The molecule has 1 aliphatic carbocycles. The predicted octanol–water partition coefficient (Wildman–Crippen LogP) is 3.16. The van der Waals surface area contributed by atoms with Gasteiger partial charge in [0, 0.05) is 16.6 Å². The summed E-state index contributed by atoms with van der Waals surface area (Å²) < 4.78 is 0. The molecule has 21 heavy (non-hydrogen) atoms. The number of pyridine rings is 1. The molecule has 0 bridgehead atoms. The zero-order chi connectivity index (χ0) is 14.7. The Morgan fingerprint density at radius 3 is 3.05 bits per heavy atom. The van der Waals surface area contributed by atoms with Crippen molar-refractivity contribution in [3.8, 4) is 0 Å². The van der Waals surface area contributed by atoms with Gasteiger partial charge in [-0.2, -0.15) is 0 Å². The van der Waals surface area contributed by atoms with E-state index < -0.39 is 0 Å². The van der Waals surface area contributed by atoms with Gasteiger partial charge < -0.3 is 10.4 Å². The highest BCUT2D eigenvalue weighted by Gasteiger charge is 2.17. The largest absolute Gasteiger partial charge is 0.392 e. The molecule has 4 nitrogen and oxygen atoms in total. The van der Waals surface area contributed by atoms with Gasteiger partial charge in [0.1, 0.15) is 0 Å². The van der Waals surface area contributed by atoms with Crippen molar-refractivity contribution in [3.05, 3.63) is 45.4 Å². The van der Waals surface area contributed by atoms with Crippen LogP contribution in [0.3, 0.4) is 0 Å². The van der Waals surface area contributed by atoms with Crippen molar-refractivity contribution in [1.29, 1.82) is 0 Å². The number of rotatable bonds is 3. The average molecular weight is 302 g/mol. The molecule has 0 fully saturated rings. The number of nitrogens with one attached hydrogen (secondary N) is 1. The highest BCUT2D eigenvalue weighted by atomic mass is 32.1. The number of amides is 1.